The maximum atomic E-state index is 11.1. The van der Waals surface area contributed by atoms with Gasteiger partial charge in [-0.3, -0.25) is 9.59 Å². The third-order valence-corrected chi connectivity index (χ3v) is 2.21. The van der Waals surface area contributed by atoms with Crippen LogP contribution < -0.4 is 0 Å². The van der Waals surface area contributed by atoms with E-state index in [0.29, 0.717) is 12.8 Å². The number of rotatable bonds is 5. The monoisotopic (exact) mass is 182 g/mol. The Kier molecular flexibility index (Phi) is 3.68. The number of ketones is 1. The van der Waals surface area contributed by atoms with Gasteiger partial charge in [-0.15, -0.1) is 0 Å². The summed E-state index contributed by atoms with van der Waals surface area (Å²) in [6.45, 7) is 0. The van der Waals surface area contributed by atoms with Crippen molar-refractivity contribution in [3.05, 3.63) is 11.6 Å². The van der Waals surface area contributed by atoms with E-state index in [9.17, 15) is 9.59 Å². The molecule has 0 spiro atoms. The van der Waals surface area contributed by atoms with Crippen LogP contribution in [-0.2, 0) is 9.59 Å². The van der Waals surface area contributed by atoms with Crippen LogP contribution in [0, 0.1) is 0 Å². The van der Waals surface area contributed by atoms with E-state index in [4.69, 9.17) is 5.11 Å². The largest absolute Gasteiger partial charge is 0.481 e. The van der Waals surface area contributed by atoms with E-state index in [1.54, 1.807) is 0 Å². The van der Waals surface area contributed by atoms with Crippen molar-refractivity contribution in [1.29, 1.82) is 0 Å². The second-order valence-electron chi connectivity index (χ2n) is 3.29. The van der Waals surface area contributed by atoms with Gasteiger partial charge in [0.25, 0.3) is 0 Å². The van der Waals surface area contributed by atoms with E-state index in [-0.39, 0.29) is 12.2 Å². The van der Waals surface area contributed by atoms with E-state index >= 15 is 0 Å². The fourth-order valence-corrected chi connectivity index (χ4v) is 1.49. The second-order valence-corrected chi connectivity index (χ2v) is 3.29. The van der Waals surface area contributed by atoms with Crippen molar-refractivity contribution < 1.29 is 14.7 Å². The van der Waals surface area contributed by atoms with Crippen LogP contribution in [0.2, 0.25) is 0 Å². The third kappa shape index (κ3) is 3.40. The van der Waals surface area contributed by atoms with Crippen molar-refractivity contribution in [1.82, 2.24) is 0 Å². The molecule has 1 aliphatic rings. The van der Waals surface area contributed by atoms with Crippen molar-refractivity contribution in [2.24, 2.45) is 0 Å². The van der Waals surface area contributed by atoms with Crippen LogP contribution in [0.4, 0.5) is 0 Å². The standard InChI is InChI=1S/C10H14O3/c11-9-6-3-5-8(9)4-1-2-7-10(12)13/h5H,1-4,6-7H2,(H,12,13). The zero-order chi connectivity index (χ0) is 9.68. The molecule has 0 atom stereocenters. The Morgan fingerprint density at radius 1 is 1.46 bits per heavy atom. The average Bonchev–Trinajstić information content (AvgIpc) is 2.45. The SMILES string of the molecule is O=C(O)CCCCC1=CCCC1=O. The molecule has 13 heavy (non-hydrogen) atoms. The second kappa shape index (κ2) is 4.80. The summed E-state index contributed by atoms with van der Waals surface area (Å²) in [7, 11) is 0. The van der Waals surface area contributed by atoms with Crippen molar-refractivity contribution in [3.63, 3.8) is 0 Å². The van der Waals surface area contributed by atoms with E-state index in [1.165, 1.54) is 0 Å². The van der Waals surface area contributed by atoms with Gasteiger partial charge >= 0.3 is 5.97 Å². The maximum absolute atomic E-state index is 11.1. The molecular formula is C10H14O3. The van der Waals surface area contributed by atoms with Gasteiger partial charge in [0.1, 0.15) is 0 Å². The molecule has 0 heterocycles. The summed E-state index contributed by atoms with van der Waals surface area (Å²) in [6.07, 6.45) is 5.93. The lowest BCUT2D eigenvalue weighted by Crippen LogP contribution is -1.97. The molecule has 3 nitrogen and oxygen atoms in total. The highest BCUT2D eigenvalue weighted by Crippen LogP contribution is 2.19. The van der Waals surface area contributed by atoms with Crippen LogP contribution >= 0.6 is 0 Å². The van der Waals surface area contributed by atoms with Gasteiger partial charge < -0.3 is 5.11 Å². The molecule has 1 rings (SSSR count). The Morgan fingerprint density at radius 3 is 2.77 bits per heavy atom. The molecule has 0 aromatic rings. The van der Waals surface area contributed by atoms with Crippen molar-refractivity contribution >= 4 is 11.8 Å². The number of hydrogen-bond donors (Lipinski definition) is 1. The summed E-state index contributed by atoms with van der Waals surface area (Å²) < 4.78 is 0. The number of carboxylic acids is 1. The van der Waals surface area contributed by atoms with Gasteiger partial charge in [0.05, 0.1) is 0 Å². The zero-order valence-corrected chi connectivity index (χ0v) is 7.58. The minimum atomic E-state index is -0.758. The van der Waals surface area contributed by atoms with Crippen LogP contribution in [0.1, 0.15) is 38.5 Å². The number of carboxylic acid groups (broad SMARTS) is 1. The predicted molar refractivity (Wildman–Crippen MR) is 48.4 cm³/mol. The summed E-state index contributed by atoms with van der Waals surface area (Å²) in [5.41, 5.74) is 0.908. The van der Waals surface area contributed by atoms with Gasteiger partial charge in [-0.25, -0.2) is 0 Å². The van der Waals surface area contributed by atoms with Crippen LogP contribution in [0.5, 0.6) is 0 Å². The summed E-state index contributed by atoms with van der Waals surface area (Å²) in [6, 6.07) is 0. The first-order chi connectivity index (χ1) is 6.20. The topological polar surface area (TPSA) is 54.4 Å². The Morgan fingerprint density at radius 2 is 2.23 bits per heavy atom. The van der Waals surface area contributed by atoms with Crippen LogP contribution in [0.3, 0.4) is 0 Å². The molecule has 1 N–H and O–H groups in total. The van der Waals surface area contributed by atoms with Gasteiger partial charge in [0.2, 0.25) is 0 Å². The lowest BCUT2D eigenvalue weighted by atomic mass is 10.1. The summed E-state index contributed by atoms with van der Waals surface area (Å²) in [5, 5.41) is 8.38. The van der Waals surface area contributed by atoms with E-state index in [2.05, 4.69) is 0 Å². The van der Waals surface area contributed by atoms with Gasteiger partial charge in [-0.1, -0.05) is 6.08 Å². The minimum Gasteiger partial charge on any atom is -0.481 e. The van der Waals surface area contributed by atoms with Gasteiger partial charge in [-0.2, -0.15) is 0 Å². The van der Waals surface area contributed by atoms with E-state index in [0.717, 1.165) is 24.8 Å². The van der Waals surface area contributed by atoms with E-state index < -0.39 is 5.97 Å². The number of Topliss-reactive ketones (excluding diaryl/α,β-unsaturated/α-hetero) is 1. The van der Waals surface area contributed by atoms with Crippen molar-refractivity contribution in [3.8, 4) is 0 Å². The van der Waals surface area contributed by atoms with E-state index in [1.807, 2.05) is 6.08 Å². The van der Waals surface area contributed by atoms with Gasteiger partial charge in [0, 0.05) is 12.8 Å². The van der Waals surface area contributed by atoms with Crippen LogP contribution in [-0.4, -0.2) is 16.9 Å². The molecule has 3 heteroatoms. The maximum Gasteiger partial charge on any atom is 0.303 e. The Hall–Kier alpha value is -1.12. The van der Waals surface area contributed by atoms with Crippen molar-refractivity contribution in [2.75, 3.05) is 0 Å². The molecule has 0 saturated heterocycles. The number of hydrogen-bond acceptors (Lipinski definition) is 2. The first-order valence-corrected chi connectivity index (χ1v) is 4.64. The number of aliphatic carboxylic acids is 1. The summed E-state index contributed by atoms with van der Waals surface area (Å²) in [5.74, 6) is -0.512. The number of unbranched alkanes of at least 4 members (excludes halogenated alkanes) is 1. The summed E-state index contributed by atoms with van der Waals surface area (Å²) >= 11 is 0. The molecule has 0 fully saturated rings. The fourth-order valence-electron chi connectivity index (χ4n) is 1.49. The smallest absolute Gasteiger partial charge is 0.303 e. The lowest BCUT2D eigenvalue weighted by Gasteiger charge is -1.98. The molecule has 0 bridgehead atoms. The quantitative estimate of drug-likeness (QED) is 0.661. The Balaban J connectivity index is 2.12. The minimum absolute atomic E-state index is 0.210. The number of carbonyl (C=O) groups excluding carboxylic acids is 1. The molecule has 0 amide bonds. The first-order valence-electron chi connectivity index (χ1n) is 4.64. The Labute approximate surface area is 77.4 Å². The fraction of sp³-hybridized carbons (Fsp3) is 0.600. The van der Waals surface area contributed by atoms with Gasteiger partial charge in [0.15, 0.2) is 5.78 Å². The molecule has 0 aliphatic heterocycles. The first kappa shape index (κ1) is 9.96. The van der Waals surface area contributed by atoms with Gasteiger partial charge in [-0.05, 0) is 31.3 Å². The molecule has 0 aromatic heterocycles. The molecule has 72 valence electrons. The molecule has 1 aliphatic carbocycles. The highest BCUT2D eigenvalue weighted by atomic mass is 16.4. The number of carbonyl (C=O) groups is 2. The third-order valence-electron chi connectivity index (χ3n) is 2.21. The zero-order valence-electron chi connectivity index (χ0n) is 7.58. The Bertz CT molecular complexity index is 241. The summed E-state index contributed by atoms with van der Waals surface area (Å²) in [4.78, 5) is 21.3. The molecular weight excluding hydrogens is 168 g/mol. The molecule has 0 unspecified atom stereocenters. The highest BCUT2D eigenvalue weighted by Gasteiger charge is 2.13. The molecule has 0 aromatic carbocycles. The van der Waals surface area contributed by atoms with Crippen LogP contribution in [0.25, 0.3) is 0 Å². The highest BCUT2D eigenvalue weighted by molar-refractivity contribution is 5.97. The lowest BCUT2D eigenvalue weighted by molar-refractivity contribution is -0.137. The van der Waals surface area contributed by atoms with Crippen LogP contribution in [0.15, 0.2) is 11.6 Å². The number of allylic oxidation sites excluding steroid dienone is 2. The average molecular weight is 182 g/mol. The molecule has 0 saturated carbocycles. The normalized spacial score (nSPS) is 16.0. The molecule has 0 radical (unpaired) electrons. The predicted octanol–water partition coefficient (Wildman–Crippen LogP) is 1.92. The van der Waals surface area contributed by atoms with Crippen molar-refractivity contribution in [2.45, 2.75) is 38.5 Å².